The fraction of sp³-hybridized carbons (Fsp3) is 0.450. The van der Waals surface area contributed by atoms with Crippen molar-refractivity contribution in [1.82, 2.24) is 9.21 Å². The number of sulfonamides is 1. The van der Waals surface area contributed by atoms with Crippen LogP contribution in [0.1, 0.15) is 17.4 Å². The SMILES string of the molecule is COc1ccccc1N1CCN(S(=O)(=O)c2cc3c(s2)CCN(C(C)=O)C3)CC1. The van der Waals surface area contributed by atoms with Crippen molar-refractivity contribution < 1.29 is 17.9 Å². The third kappa shape index (κ3) is 3.86. The molecule has 1 saturated heterocycles. The van der Waals surface area contributed by atoms with Gasteiger partial charge in [-0.05, 0) is 30.2 Å². The van der Waals surface area contributed by atoms with E-state index in [1.165, 1.54) is 11.3 Å². The van der Waals surface area contributed by atoms with Crippen LogP contribution in [-0.4, -0.2) is 63.4 Å². The molecular formula is C20H25N3O4S2. The number of ether oxygens (including phenoxy) is 1. The van der Waals surface area contributed by atoms with Gasteiger partial charge in [0.25, 0.3) is 10.0 Å². The minimum absolute atomic E-state index is 0.0266. The van der Waals surface area contributed by atoms with Gasteiger partial charge >= 0.3 is 0 Å². The van der Waals surface area contributed by atoms with Crippen LogP contribution in [0.2, 0.25) is 0 Å². The van der Waals surface area contributed by atoms with E-state index < -0.39 is 10.0 Å². The lowest BCUT2D eigenvalue weighted by molar-refractivity contribution is -0.129. The Balaban J connectivity index is 1.48. The minimum atomic E-state index is -3.52. The van der Waals surface area contributed by atoms with Gasteiger partial charge in [-0.3, -0.25) is 4.79 Å². The average molecular weight is 436 g/mol. The normalized spacial score (nSPS) is 17.9. The summed E-state index contributed by atoms with van der Waals surface area (Å²) in [6, 6.07) is 9.56. The van der Waals surface area contributed by atoms with E-state index in [1.807, 2.05) is 24.3 Å². The smallest absolute Gasteiger partial charge is 0.252 e. The maximum Gasteiger partial charge on any atom is 0.252 e. The summed E-state index contributed by atoms with van der Waals surface area (Å²) < 4.78 is 33.8. The minimum Gasteiger partial charge on any atom is -0.495 e. The maximum atomic E-state index is 13.2. The zero-order valence-corrected chi connectivity index (χ0v) is 18.3. The lowest BCUT2D eigenvalue weighted by atomic mass is 10.1. The van der Waals surface area contributed by atoms with Gasteiger partial charge < -0.3 is 14.5 Å². The summed E-state index contributed by atoms with van der Waals surface area (Å²) in [6.07, 6.45) is 0.719. The quantitative estimate of drug-likeness (QED) is 0.736. The first-order chi connectivity index (χ1) is 13.9. The molecule has 0 bridgehead atoms. The number of fused-ring (bicyclic) bond motifs is 1. The van der Waals surface area contributed by atoms with Gasteiger partial charge in [0.15, 0.2) is 0 Å². The van der Waals surface area contributed by atoms with Gasteiger partial charge in [-0.15, -0.1) is 11.3 Å². The number of rotatable bonds is 4. The standard InChI is InChI=1S/C20H25N3O4S2/c1-15(24)22-8-7-19-16(14-22)13-20(28-19)29(25,26)23-11-9-21(10-12-23)17-5-3-4-6-18(17)27-2/h3-6,13H,7-12,14H2,1-2H3. The molecule has 2 aromatic rings. The van der Waals surface area contributed by atoms with E-state index in [4.69, 9.17) is 4.74 Å². The topological polar surface area (TPSA) is 70.2 Å². The van der Waals surface area contributed by atoms with Gasteiger partial charge in [0.2, 0.25) is 5.91 Å². The molecule has 4 rings (SSSR count). The number of piperazine rings is 1. The van der Waals surface area contributed by atoms with Crippen molar-refractivity contribution in [2.24, 2.45) is 0 Å². The Bertz CT molecular complexity index is 1010. The van der Waals surface area contributed by atoms with E-state index in [0.29, 0.717) is 43.5 Å². The van der Waals surface area contributed by atoms with Gasteiger partial charge in [-0.2, -0.15) is 4.31 Å². The highest BCUT2D eigenvalue weighted by Crippen LogP contribution is 2.34. The molecule has 1 aromatic heterocycles. The van der Waals surface area contributed by atoms with Crippen LogP contribution in [0.25, 0.3) is 0 Å². The van der Waals surface area contributed by atoms with Crippen molar-refractivity contribution in [3.05, 3.63) is 40.8 Å². The lowest BCUT2D eigenvalue weighted by Gasteiger charge is -2.35. The van der Waals surface area contributed by atoms with Crippen LogP contribution in [0, 0.1) is 0 Å². The number of thiophene rings is 1. The van der Waals surface area contributed by atoms with Gasteiger partial charge in [-0.1, -0.05) is 12.1 Å². The van der Waals surface area contributed by atoms with E-state index in [9.17, 15) is 13.2 Å². The molecule has 1 fully saturated rings. The van der Waals surface area contributed by atoms with Crippen molar-refractivity contribution in [1.29, 1.82) is 0 Å². The van der Waals surface area contributed by atoms with Crippen LogP contribution >= 0.6 is 11.3 Å². The van der Waals surface area contributed by atoms with Crippen LogP contribution in [0.4, 0.5) is 5.69 Å². The first-order valence-corrected chi connectivity index (χ1v) is 11.9. The number of nitrogens with zero attached hydrogens (tertiary/aromatic N) is 3. The summed E-state index contributed by atoms with van der Waals surface area (Å²) in [5.41, 5.74) is 1.95. The zero-order valence-electron chi connectivity index (χ0n) is 16.6. The number of hydrogen-bond acceptors (Lipinski definition) is 6. The number of para-hydroxylation sites is 2. The van der Waals surface area contributed by atoms with E-state index in [1.54, 1.807) is 29.3 Å². The fourth-order valence-corrected chi connectivity index (χ4v) is 7.01. The Morgan fingerprint density at radius 3 is 2.52 bits per heavy atom. The van der Waals surface area contributed by atoms with Crippen LogP contribution in [-0.2, 0) is 27.8 Å². The average Bonchev–Trinajstić information content (AvgIpc) is 3.18. The molecule has 0 N–H and O–H groups in total. The molecule has 0 aliphatic carbocycles. The number of carbonyl (C=O) groups excluding carboxylic acids is 1. The van der Waals surface area contributed by atoms with Crippen LogP contribution < -0.4 is 9.64 Å². The second kappa shape index (κ2) is 7.97. The predicted molar refractivity (Wildman–Crippen MR) is 113 cm³/mol. The maximum absolute atomic E-state index is 13.2. The van der Waals surface area contributed by atoms with Crippen LogP contribution in [0.15, 0.2) is 34.5 Å². The molecule has 1 amide bonds. The summed E-state index contributed by atoms with van der Waals surface area (Å²) in [4.78, 5) is 16.6. The Kier molecular flexibility index (Phi) is 5.54. The molecule has 156 valence electrons. The van der Waals surface area contributed by atoms with Crippen molar-refractivity contribution in [2.45, 2.75) is 24.1 Å². The largest absolute Gasteiger partial charge is 0.495 e. The molecule has 9 heteroatoms. The fourth-order valence-electron chi connectivity index (χ4n) is 3.89. The third-order valence-corrected chi connectivity index (χ3v) is 9.13. The molecule has 0 spiro atoms. The summed E-state index contributed by atoms with van der Waals surface area (Å²) in [7, 11) is -1.88. The molecule has 2 aliphatic rings. The van der Waals surface area contributed by atoms with Gasteiger partial charge in [0.05, 0.1) is 12.8 Å². The van der Waals surface area contributed by atoms with E-state index in [2.05, 4.69) is 4.90 Å². The first-order valence-electron chi connectivity index (χ1n) is 9.65. The highest BCUT2D eigenvalue weighted by Gasteiger charge is 2.32. The summed E-state index contributed by atoms with van der Waals surface area (Å²) >= 11 is 1.35. The lowest BCUT2D eigenvalue weighted by Crippen LogP contribution is -2.48. The zero-order chi connectivity index (χ0) is 20.6. The molecule has 7 nitrogen and oxygen atoms in total. The highest BCUT2D eigenvalue weighted by molar-refractivity contribution is 7.91. The molecule has 0 radical (unpaired) electrons. The van der Waals surface area contributed by atoms with Crippen molar-refractivity contribution in [2.75, 3.05) is 44.7 Å². The summed E-state index contributed by atoms with van der Waals surface area (Å²) in [5.74, 6) is 0.823. The van der Waals surface area contributed by atoms with E-state index in [0.717, 1.165) is 28.3 Å². The molecule has 0 unspecified atom stereocenters. The van der Waals surface area contributed by atoms with Crippen LogP contribution in [0.5, 0.6) is 5.75 Å². The molecule has 29 heavy (non-hydrogen) atoms. The second-order valence-corrected chi connectivity index (χ2v) is 10.6. The molecule has 2 aliphatic heterocycles. The van der Waals surface area contributed by atoms with Crippen molar-refractivity contribution in [3.8, 4) is 5.75 Å². The number of benzene rings is 1. The van der Waals surface area contributed by atoms with E-state index in [-0.39, 0.29) is 5.91 Å². The Morgan fingerprint density at radius 1 is 1.10 bits per heavy atom. The van der Waals surface area contributed by atoms with Crippen molar-refractivity contribution in [3.63, 3.8) is 0 Å². The Labute approximate surface area is 175 Å². The highest BCUT2D eigenvalue weighted by atomic mass is 32.2. The number of hydrogen-bond donors (Lipinski definition) is 0. The Hall–Kier alpha value is -2.10. The summed E-state index contributed by atoms with van der Waals surface area (Å²) in [6.45, 7) is 4.80. The molecular weight excluding hydrogens is 410 g/mol. The molecule has 3 heterocycles. The number of carbonyl (C=O) groups is 1. The molecule has 1 aromatic carbocycles. The monoisotopic (exact) mass is 435 g/mol. The number of anilines is 1. The van der Waals surface area contributed by atoms with Gasteiger partial charge in [-0.25, -0.2) is 8.42 Å². The Morgan fingerprint density at radius 2 is 1.83 bits per heavy atom. The number of methoxy groups -OCH3 is 1. The molecule has 0 atom stereocenters. The molecule has 0 saturated carbocycles. The summed E-state index contributed by atoms with van der Waals surface area (Å²) in [5, 5.41) is 0. The van der Waals surface area contributed by atoms with Gasteiger partial charge in [0, 0.05) is 51.1 Å². The third-order valence-electron chi connectivity index (χ3n) is 5.55. The predicted octanol–water partition coefficient (Wildman–Crippen LogP) is 2.17. The first kappa shape index (κ1) is 20.2. The van der Waals surface area contributed by atoms with Crippen LogP contribution in [0.3, 0.4) is 0 Å². The van der Waals surface area contributed by atoms with E-state index >= 15 is 0 Å². The van der Waals surface area contributed by atoms with Gasteiger partial charge in [0.1, 0.15) is 9.96 Å². The second-order valence-electron chi connectivity index (χ2n) is 7.27. The van der Waals surface area contributed by atoms with Crippen molar-refractivity contribution >= 4 is 33.0 Å². The number of amides is 1.